The van der Waals surface area contributed by atoms with Crippen molar-refractivity contribution in [1.82, 2.24) is 14.8 Å². The van der Waals surface area contributed by atoms with Gasteiger partial charge in [-0.1, -0.05) is 0 Å². The molecule has 0 unspecified atom stereocenters. The molecule has 0 saturated carbocycles. The summed E-state index contributed by atoms with van der Waals surface area (Å²) < 4.78 is 0. The zero-order valence-electron chi connectivity index (χ0n) is 12.6. The van der Waals surface area contributed by atoms with Crippen LogP contribution in [0.15, 0.2) is 18.3 Å². The van der Waals surface area contributed by atoms with Gasteiger partial charge in [-0.2, -0.15) is 0 Å². The van der Waals surface area contributed by atoms with E-state index in [2.05, 4.69) is 29.3 Å². The van der Waals surface area contributed by atoms with Gasteiger partial charge in [-0.3, -0.25) is 9.78 Å². The SMILES string of the molecule is CNc1ccnc(C(=O)N2CCC(CN(C)C)CC2)c1. The van der Waals surface area contributed by atoms with Gasteiger partial charge in [0.1, 0.15) is 5.69 Å². The molecule has 2 heterocycles. The number of hydrogen-bond donors (Lipinski definition) is 1. The van der Waals surface area contributed by atoms with Crippen molar-refractivity contribution in [2.45, 2.75) is 12.8 Å². The standard InChI is InChI=1S/C15H24N4O/c1-16-13-4-7-17-14(10-13)15(20)19-8-5-12(6-9-19)11-18(2)3/h4,7,10,12H,5-6,8-9,11H2,1-3H3,(H,16,17). The van der Waals surface area contributed by atoms with Gasteiger partial charge in [-0.05, 0) is 45.0 Å². The van der Waals surface area contributed by atoms with Crippen LogP contribution >= 0.6 is 0 Å². The van der Waals surface area contributed by atoms with Crippen LogP contribution in [0.1, 0.15) is 23.3 Å². The number of anilines is 1. The largest absolute Gasteiger partial charge is 0.388 e. The summed E-state index contributed by atoms with van der Waals surface area (Å²) in [5.74, 6) is 0.746. The summed E-state index contributed by atoms with van der Waals surface area (Å²) >= 11 is 0. The lowest BCUT2D eigenvalue weighted by Crippen LogP contribution is -2.40. The molecule has 1 amide bonds. The van der Waals surface area contributed by atoms with Gasteiger partial charge in [-0.15, -0.1) is 0 Å². The van der Waals surface area contributed by atoms with Gasteiger partial charge in [0.05, 0.1) is 0 Å². The van der Waals surface area contributed by atoms with E-state index in [1.807, 2.05) is 24.1 Å². The molecule has 0 aromatic carbocycles. The van der Waals surface area contributed by atoms with Crippen LogP contribution in [0, 0.1) is 5.92 Å². The molecule has 1 saturated heterocycles. The zero-order valence-corrected chi connectivity index (χ0v) is 12.6. The topological polar surface area (TPSA) is 48.5 Å². The summed E-state index contributed by atoms with van der Waals surface area (Å²) in [6.07, 6.45) is 3.84. The van der Waals surface area contributed by atoms with Crippen molar-refractivity contribution in [2.75, 3.05) is 46.1 Å². The molecule has 5 heteroatoms. The minimum atomic E-state index is 0.0467. The first-order valence-electron chi connectivity index (χ1n) is 7.18. The van der Waals surface area contributed by atoms with E-state index in [0.717, 1.165) is 38.2 Å². The number of carbonyl (C=O) groups excluding carboxylic acids is 1. The van der Waals surface area contributed by atoms with E-state index in [0.29, 0.717) is 11.6 Å². The third kappa shape index (κ3) is 3.70. The Morgan fingerprint density at radius 2 is 2.15 bits per heavy atom. The van der Waals surface area contributed by atoms with Gasteiger partial charge in [0.15, 0.2) is 0 Å². The predicted octanol–water partition coefficient (Wildman–Crippen LogP) is 1.54. The van der Waals surface area contributed by atoms with Crippen molar-refractivity contribution >= 4 is 11.6 Å². The highest BCUT2D eigenvalue weighted by molar-refractivity contribution is 5.93. The summed E-state index contributed by atoms with van der Waals surface area (Å²) in [6, 6.07) is 3.67. The molecular weight excluding hydrogens is 252 g/mol. The average molecular weight is 276 g/mol. The fourth-order valence-electron chi connectivity index (χ4n) is 2.70. The maximum Gasteiger partial charge on any atom is 0.272 e. The number of nitrogens with one attached hydrogen (secondary N) is 1. The fraction of sp³-hybridized carbons (Fsp3) is 0.600. The molecule has 20 heavy (non-hydrogen) atoms. The fourth-order valence-corrected chi connectivity index (χ4v) is 2.70. The Morgan fingerprint density at radius 1 is 1.45 bits per heavy atom. The molecule has 0 bridgehead atoms. The van der Waals surface area contributed by atoms with E-state index in [-0.39, 0.29) is 5.91 Å². The summed E-state index contributed by atoms with van der Waals surface area (Å²) in [5, 5.41) is 3.04. The Hall–Kier alpha value is -1.62. The third-order valence-electron chi connectivity index (χ3n) is 3.79. The van der Waals surface area contributed by atoms with E-state index in [4.69, 9.17) is 0 Å². The van der Waals surface area contributed by atoms with Crippen LogP contribution in [-0.2, 0) is 0 Å². The van der Waals surface area contributed by atoms with Crippen LogP contribution in [0.3, 0.4) is 0 Å². The minimum Gasteiger partial charge on any atom is -0.388 e. The Balaban J connectivity index is 1.94. The highest BCUT2D eigenvalue weighted by Crippen LogP contribution is 2.19. The van der Waals surface area contributed by atoms with Crippen molar-refractivity contribution in [1.29, 1.82) is 0 Å². The molecular formula is C15H24N4O. The van der Waals surface area contributed by atoms with Gasteiger partial charge < -0.3 is 15.1 Å². The van der Waals surface area contributed by atoms with Gasteiger partial charge >= 0.3 is 0 Å². The molecule has 0 atom stereocenters. The predicted molar refractivity (Wildman–Crippen MR) is 81.0 cm³/mol. The summed E-state index contributed by atoms with van der Waals surface area (Å²) in [7, 11) is 6.05. The number of likely N-dealkylation sites (tertiary alicyclic amines) is 1. The molecule has 0 spiro atoms. The Bertz CT molecular complexity index is 453. The monoisotopic (exact) mass is 276 g/mol. The Labute approximate surface area is 121 Å². The van der Waals surface area contributed by atoms with Crippen molar-refractivity contribution < 1.29 is 4.79 Å². The highest BCUT2D eigenvalue weighted by Gasteiger charge is 2.24. The van der Waals surface area contributed by atoms with Crippen LogP contribution in [0.25, 0.3) is 0 Å². The molecule has 1 aliphatic heterocycles. The van der Waals surface area contributed by atoms with Crippen LogP contribution < -0.4 is 5.32 Å². The maximum atomic E-state index is 12.4. The molecule has 5 nitrogen and oxygen atoms in total. The maximum absolute atomic E-state index is 12.4. The van der Waals surface area contributed by atoms with Crippen molar-refractivity contribution in [3.05, 3.63) is 24.0 Å². The van der Waals surface area contributed by atoms with E-state index in [1.165, 1.54) is 0 Å². The second-order valence-corrected chi connectivity index (χ2v) is 5.68. The van der Waals surface area contributed by atoms with Crippen LogP contribution in [0.4, 0.5) is 5.69 Å². The van der Waals surface area contributed by atoms with E-state index < -0.39 is 0 Å². The number of hydrogen-bond acceptors (Lipinski definition) is 4. The highest BCUT2D eigenvalue weighted by atomic mass is 16.2. The zero-order chi connectivity index (χ0) is 14.5. The van der Waals surface area contributed by atoms with Crippen molar-refractivity contribution in [2.24, 2.45) is 5.92 Å². The Morgan fingerprint density at radius 3 is 2.75 bits per heavy atom. The number of aromatic nitrogens is 1. The average Bonchev–Trinajstić information content (AvgIpc) is 2.47. The summed E-state index contributed by atoms with van der Waals surface area (Å²) in [4.78, 5) is 20.8. The Kier molecular flexibility index (Phi) is 4.95. The van der Waals surface area contributed by atoms with E-state index in [9.17, 15) is 4.79 Å². The van der Waals surface area contributed by atoms with Gasteiger partial charge in [0, 0.05) is 38.6 Å². The van der Waals surface area contributed by atoms with E-state index in [1.54, 1.807) is 6.20 Å². The lowest BCUT2D eigenvalue weighted by molar-refractivity contribution is 0.0672. The summed E-state index contributed by atoms with van der Waals surface area (Å²) in [5.41, 5.74) is 1.45. The number of pyridine rings is 1. The van der Waals surface area contributed by atoms with Crippen LogP contribution in [0.5, 0.6) is 0 Å². The normalized spacial score (nSPS) is 16.5. The molecule has 0 radical (unpaired) electrons. The second kappa shape index (κ2) is 6.70. The van der Waals surface area contributed by atoms with E-state index >= 15 is 0 Å². The smallest absolute Gasteiger partial charge is 0.272 e. The van der Waals surface area contributed by atoms with Crippen LogP contribution in [0.2, 0.25) is 0 Å². The van der Waals surface area contributed by atoms with Gasteiger partial charge in [-0.25, -0.2) is 0 Å². The molecule has 1 N–H and O–H groups in total. The first-order chi connectivity index (χ1) is 9.60. The number of rotatable bonds is 4. The number of carbonyl (C=O) groups is 1. The van der Waals surface area contributed by atoms with Crippen molar-refractivity contribution in [3.8, 4) is 0 Å². The molecule has 110 valence electrons. The molecule has 2 rings (SSSR count). The lowest BCUT2D eigenvalue weighted by atomic mass is 9.96. The molecule has 1 aliphatic rings. The number of amides is 1. The number of nitrogens with zero attached hydrogens (tertiary/aromatic N) is 3. The molecule has 0 aliphatic carbocycles. The van der Waals surface area contributed by atoms with Crippen molar-refractivity contribution in [3.63, 3.8) is 0 Å². The molecule has 1 aromatic heterocycles. The minimum absolute atomic E-state index is 0.0467. The lowest BCUT2D eigenvalue weighted by Gasteiger charge is -2.33. The summed E-state index contributed by atoms with van der Waals surface area (Å²) in [6.45, 7) is 2.78. The van der Waals surface area contributed by atoms with Crippen LogP contribution in [-0.4, -0.2) is 61.5 Å². The van der Waals surface area contributed by atoms with Gasteiger partial charge in [0.25, 0.3) is 5.91 Å². The first kappa shape index (κ1) is 14.8. The molecule has 1 aromatic rings. The quantitative estimate of drug-likeness (QED) is 0.906. The first-order valence-corrected chi connectivity index (χ1v) is 7.18. The van der Waals surface area contributed by atoms with Gasteiger partial charge in [0.2, 0.25) is 0 Å². The number of piperidine rings is 1. The molecule has 1 fully saturated rings. The third-order valence-corrected chi connectivity index (χ3v) is 3.79. The second-order valence-electron chi connectivity index (χ2n) is 5.68.